The number of benzene rings is 1. The second kappa shape index (κ2) is 9.22. The molecule has 2 nitrogen and oxygen atoms in total. The van der Waals surface area contributed by atoms with Crippen molar-refractivity contribution in [3.63, 3.8) is 0 Å². The van der Waals surface area contributed by atoms with Gasteiger partial charge in [0, 0.05) is 12.6 Å². The first-order valence-electron chi connectivity index (χ1n) is 8.74. The first-order chi connectivity index (χ1) is 10.3. The van der Waals surface area contributed by atoms with Crippen LogP contribution in [-0.2, 0) is 6.42 Å². The Morgan fingerprint density at radius 1 is 1.19 bits per heavy atom. The van der Waals surface area contributed by atoms with Crippen molar-refractivity contribution in [3.05, 3.63) is 35.9 Å². The minimum Gasteiger partial charge on any atom is -0.315 e. The van der Waals surface area contributed by atoms with Crippen LogP contribution < -0.4 is 5.32 Å². The van der Waals surface area contributed by atoms with E-state index in [1.165, 1.54) is 57.3 Å². The van der Waals surface area contributed by atoms with Crippen LogP contribution in [0.2, 0.25) is 0 Å². The summed E-state index contributed by atoms with van der Waals surface area (Å²) in [6.45, 7) is 9.43. The van der Waals surface area contributed by atoms with Gasteiger partial charge in [-0.15, -0.1) is 0 Å². The van der Waals surface area contributed by atoms with Gasteiger partial charge in [-0.05, 0) is 56.8 Å². The molecule has 1 unspecified atom stereocenters. The summed E-state index contributed by atoms with van der Waals surface area (Å²) in [5.74, 6) is 0.750. The number of hydrogen-bond acceptors (Lipinski definition) is 2. The molecule has 0 radical (unpaired) electrons. The van der Waals surface area contributed by atoms with E-state index in [-0.39, 0.29) is 0 Å². The molecule has 118 valence electrons. The number of nitrogens with one attached hydrogen (secondary N) is 1. The minimum absolute atomic E-state index is 0.750. The summed E-state index contributed by atoms with van der Waals surface area (Å²) in [6, 6.07) is 11.7. The van der Waals surface area contributed by atoms with E-state index >= 15 is 0 Å². The van der Waals surface area contributed by atoms with Crippen molar-refractivity contribution in [2.24, 2.45) is 5.92 Å². The standard InChI is InChI=1S/C19H32N2/c1-17(2)15-20-16-19-12-6-7-13-21(19)14-8-11-18-9-4-3-5-10-18/h3-5,9-10,17,19-20H,6-8,11-16H2,1-2H3. The monoisotopic (exact) mass is 288 g/mol. The molecule has 2 heteroatoms. The maximum Gasteiger partial charge on any atom is 0.0220 e. The number of aryl methyl sites for hydroxylation is 1. The van der Waals surface area contributed by atoms with Gasteiger partial charge in [-0.3, -0.25) is 4.90 Å². The molecule has 1 atom stereocenters. The topological polar surface area (TPSA) is 15.3 Å². The van der Waals surface area contributed by atoms with Crippen LogP contribution in [0.3, 0.4) is 0 Å². The van der Waals surface area contributed by atoms with Crippen LogP contribution >= 0.6 is 0 Å². The molecular formula is C19H32N2. The molecule has 0 bridgehead atoms. The largest absolute Gasteiger partial charge is 0.315 e. The van der Waals surface area contributed by atoms with Gasteiger partial charge in [0.15, 0.2) is 0 Å². The second-order valence-corrected chi connectivity index (χ2v) is 6.83. The average Bonchev–Trinajstić information content (AvgIpc) is 2.49. The van der Waals surface area contributed by atoms with Crippen LogP contribution in [0.1, 0.15) is 45.1 Å². The third-order valence-corrected chi connectivity index (χ3v) is 4.44. The van der Waals surface area contributed by atoms with Crippen molar-refractivity contribution in [2.45, 2.75) is 52.0 Å². The van der Waals surface area contributed by atoms with Gasteiger partial charge in [-0.1, -0.05) is 50.6 Å². The number of hydrogen-bond donors (Lipinski definition) is 1. The Balaban J connectivity index is 1.71. The molecule has 1 aromatic carbocycles. The van der Waals surface area contributed by atoms with Gasteiger partial charge in [0.25, 0.3) is 0 Å². The first-order valence-corrected chi connectivity index (χ1v) is 8.74. The third kappa shape index (κ3) is 6.19. The van der Waals surface area contributed by atoms with E-state index in [4.69, 9.17) is 0 Å². The third-order valence-electron chi connectivity index (χ3n) is 4.44. The van der Waals surface area contributed by atoms with Crippen molar-refractivity contribution in [3.8, 4) is 0 Å². The number of piperidine rings is 1. The van der Waals surface area contributed by atoms with Gasteiger partial charge < -0.3 is 5.32 Å². The van der Waals surface area contributed by atoms with Gasteiger partial charge >= 0.3 is 0 Å². The molecule has 0 saturated carbocycles. The van der Waals surface area contributed by atoms with Crippen LogP contribution in [0.4, 0.5) is 0 Å². The molecule has 0 spiro atoms. The lowest BCUT2D eigenvalue weighted by Crippen LogP contribution is -2.46. The highest BCUT2D eigenvalue weighted by Crippen LogP contribution is 2.17. The van der Waals surface area contributed by atoms with Crippen LogP contribution in [-0.4, -0.2) is 37.1 Å². The Labute approximate surface area is 130 Å². The molecular weight excluding hydrogens is 256 g/mol. The first kappa shape index (κ1) is 16.5. The molecule has 21 heavy (non-hydrogen) atoms. The lowest BCUT2D eigenvalue weighted by Gasteiger charge is -2.36. The van der Waals surface area contributed by atoms with Gasteiger partial charge in [0.2, 0.25) is 0 Å². The maximum atomic E-state index is 3.65. The Kier molecular flexibility index (Phi) is 7.25. The molecule has 0 aromatic heterocycles. The summed E-state index contributed by atoms with van der Waals surface area (Å²) in [5, 5.41) is 3.65. The average molecular weight is 288 g/mol. The highest BCUT2D eigenvalue weighted by Gasteiger charge is 2.21. The Hall–Kier alpha value is -0.860. The molecule has 1 saturated heterocycles. The van der Waals surface area contributed by atoms with Crippen LogP contribution in [0, 0.1) is 5.92 Å². The van der Waals surface area contributed by atoms with Gasteiger partial charge in [0.05, 0.1) is 0 Å². The van der Waals surface area contributed by atoms with Crippen LogP contribution in [0.25, 0.3) is 0 Å². The minimum atomic E-state index is 0.750. The fraction of sp³-hybridized carbons (Fsp3) is 0.684. The lowest BCUT2D eigenvalue weighted by molar-refractivity contribution is 0.143. The van der Waals surface area contributed by atoms with Crippen molar-refractivity contribution in [2.75, 3.05) is 26.2 Å². The number of likely N-dealkylation sites (tertiary alicyclic amines) is 1. The van der Waals surface area contributed by atoms with E-state index in [1.807, 2.05) is 0 Å². The van der Waals surface area contributed by atoms with Crippen molar-refractivity contribution in [1.29, 1.82) is 0 Å². The van der Waals surface area contributed by atoms with Gasteiger partial charge in [-0.25, -0.2) is 0 Å². The number of nitrogens with zero attached hydrogens (tertiary/aromatic N) is 1. The van der Waals surface area contributed by atoms with E-state index < -0.39 is 0 Å². The molecule has 1 aliphatic rings. The summed E-state index contributed by atoms with van der Waals surface area (Å²) >= 11 is 0. The molecule has 2 rings (SSSR count). The zero-order valence-electron chi connectivity index (χ0n) is 13.9. The predicted octanol–water partition coefficient (Wildman–Crippen LogP) is 3.72. The maximum absolute atomic E-state index is 3.65. The summed E-state index contributed by atoms with van der Waals surface area (Å²) in [4.78, 5) is 2.72. The molecule has 1 aliphatic heterocycles. The van der Waals surface area contributed by atoms with Gasteiger partial charge in [0.1, 0.15) is 0 Å². The fourth-order valence-electron chi connectivity index (χ4n) is 3.26. The van der Waals surface area contributed by atoms with Crippen molar-refractivity contribution >= 4 is 0 Å². The highest BCUT2D eigenvalue weighted by atomic mass is 15.2. The van der Waals surface area contributed by atoms with Crippen molar-refractivity contribution < 1.29 is 0 Å². The fourth-order valence-corrected chi connectivity index (χ4v) is 3.26. The normalized spacial score (nSPS) is 20.0. The SMILES string of the molecule is CC(C)CNCC1CCCCN1CCCc1ccccc1. The smallest absolute Gasteiger partial charge is 0.0220 e. The zero-order chi connectivity index (χ0) is 14.9. The summed E-state index contributed by atoms with van der Waals surface area (Å²) in [7, 11) is 0. The summed E-state index contributed by atoms with van der Waals surface area (Å²) in [6.07, 6.45) is 6.65. The Bertz CT molecular complexity index is 374. The lowest BCUT2D eigenvalue weighted by atomic mass is 10.0. The summed E-state index contributed by atoms with van der Waals surface area (Å²) < 4.78 is 0. The molecule has 0 amide bonds. The summed E-state index contributed by atoms with van der Waals surface area (Å²) in [5.41, 5.74) is 1.48. The van der Waals surface area contributed by atoms with Crippen LogP contribution in [0.5, 0.6) is 0 Å². The number of rotatable bonds is 8. The van der Waals surface area contributed by atoms with Crippen molar-refractivity contribution in [1.82, 2.24) is 10.2 Å². The quantitative estimate of drug-likeness (QED) is 0.784. The zero-order valence-corrected chi connectivity index (χ0v) is 13.9. The molecule has 1 fully saturated rings. The van der Waals surface area contributed by atoms with Gasteiger partial charge in [-0.2, -0.15) is 0 Å². The van der Waals surface area contributed by atoms with E-state index in [9.17, 15) is 0 Å². The molecule has 1 heterocycles. The molecule has 1 N–H and O–H groups in total. The highest BCUT2D eigenvalue weighted by molar-refractivity contribution is 5.14. The second-order valence-electron chi connectivity index (χ2n) is 6.83. The predicted molar refractivity (Wildman–Crippen MR) is 91.7 cm³/mol. The van der Waals surface area contributed by atoms with Crippen LogP contribution in [0.15, 0.2) is 30.3 Å². The molecule has 0 aliphatic carbocycles. The van der Waals surface area contributed by atoms with E-state index in [1.54, 1.807) is 0 Å². The van der Waals surface area contributed by atoms with E-state index in [2.05, 4.69) is 54.4 Å². The van der Waals surface area contributed by atoms with E-state index in [0.717, 1.165) is 18.5 Å². The Morgan fingerprint density at radius 3 is 2.76 bits per heavy atom. The van der Waals surface area contributed by atoms with E-state index in [0.29, 0.717) is 0 Å². The Morgan fingerprint density at radius 2 is 2.00 bits per heavy atom. The molecule has 1 aromatic rings.